The zero-order valence-corrected chi connectivity index (χ0v) is 30.1. The van der Waals surface area contributed by atoms with E-state index in [2.05, 4.69) is 0 Å². The van der Waals surface area contributed by atoms with Gasteiger partial charge in [0.25, 0.3) is 0 Å². The summed E-state index contributed by atoms with van der Waals surface area (Å²) in [6, 6.07) is 16.6. The van der Waals surface area contributed by atoms with Gasteiger partial charge in [-0.3, -0.25) is 43.6 Å². The first-order chi connectivity index (χ1) is 21.0. The van der Waals surface area contributed by atoms with Crippen LogP contribution in [0, 0.1) is 39.9 Å². The van der Waals surface area contributed by atoms with E-state index in [-0.39, 0.29) is 149 Å². The van der Waals surface area contributed by atoms with Gasteiger partial charge in [-0.25, -0.2) is 0 Å². The van der Waals surface area contributed by atoms with Crippen molar-refractivity contribution in [3.05, 3.63) is 54.6 Å². The molecule has 46 heavy (non-hydrogen) atoms. The Balaban J connectivity index is 0.00000705. The predicted molar refractivity (Wildman–Crippen MR) is 162 cm³/mol. The van der Waals surface area contributed by atoms with E-state index in [1.54, 1.807) is 31.7 Å². The number of hydrogen-bond donors (Lipinski definition) is 4. The monoisotopic (exact) mass is 795 g/mol. The molecular weight excluding hydrogens is 755 g/mol. The molecule has 0 radical (unpaired) electrons. The third-order valence-corrected chi connectivity index (χ3v) is 7.25. The molecule has 2 aromatic rings. The Morgan fingerprint density at radius 1 is 0.543 bits per heavy atom. The number of carbonyl (C=O) groups excluding carboxylic acids is 1. The minimum absolute atomic E-state index is 0. The van der Waals surface area contributed by atoms with E-state index in [4.69, 9.17) is 0 Å². The van der Waals surface area contributed by atoms with Crippen LogP contribution in [0.2, 0.25) is 0 Å². The Bertz CT molecular complexity index is 1260. The van der Waals surface area contributed by atoms with Crippen LogP contribution in [0.25, 0.3) is 11.1 Å². The van der Waals surface area contributed by atoms with E-state index < -0.39 is 36.3 Å². The van der Waals surface area contributed by atoms with Crippen molar-refractivity contribution in [1.29, 1.82) is 0 Å². The fourth-order valence-electron chi connectivity index (χ4n) is 4.98. The summed E-state index contributed by atoms with van der Waals surface area (Å²) in [4.78, 5) is 67.6. The summed E-state index contributed by atoms with van der Waals surface area (Å²) in [5.74, 6) is -4.82. The van der Waals surface area contributed by atoms with Crippen LogP contribution in [0.3, 0.4) is 0 Å². The normalized spacial score (nSPS) is 15.7. The molecule has 0 spiro atoms. The summed E-state index contributed by atoms with van der Waals surface area (Å²) in [7, 11) is 0. The molecule has 248 valence electrons. The smallest absolute Gasteiger partial charge is 1.00 e. The number of benzene rings is 2. The van der Waals surface area contributed by atoms with Crippen LogP contribution in [-0.2, 0) is 24.0 Å². The molecular formula is C30H40GdN5NaO9. The average molecular weight is 795 g/mol. The molecule has 16 heteroatoms. The van der Waals surface area contributed by atoms with Crippen molar-refractivity contribution in [1.82, 2.24) is 19.6 Å². The molecule has 1 saturated heterocycles. The Morgan fingerprint density at radius 2 is 0.891 bits per heavy atom. The van der Waals surface area contributed by atoms with Gasteiger partial charge in [-0.15, -0.1) is 0 Å². The van der Waals surface area contributed by atoms with Crippen molar-refractivity contribution in [2.24, 2.45) is 0 Å². The van der Waals surface area contributed by atoms with Crippen molar-refractivity contribution in [2.75, 3.05) is 90.0 Å². The summed E-state index contributed by atoms with van der Waals surface area (Å²) in [5.41, 5.74) is 2.28. The number of hydrogen-bond acceptors (Lipinski definition) is 9. The van der Waals surface area contributed by atoms with Gasteiger partial charge in [-0.1, -0.05) is 42.5 Å². The van der Waals surface area contributed by atoms with E-state index in [9.17, 15) is 44.4 Å². The zero-order chi connectivity index (χ0) is 32.1. The van der Waals surface area contributed by atoms with Gasteiger partial charge < -0.3 is 26.8 Å². The van der Waals surface area contributed by atoms with Crippen LogP contribution < -0.4 is 34.5 Å². The second-order valence-electron chi connectivity index (χ2n) is 10.6. The molecule has 1 aliphatic heterocycles. The van der Waals surface area contributed by atoms with Gasteiger partial charge in [0.15, 0.2) is 0 Å². The number of rotatable bonds is 12. The van der Waals surface area contributed by atoms with Gasteiger partial charge >= 0.3 is 53.4 Å². The van der Waals surface area contributed by atoms with Gasteiger partial charge in [-0.05, 0) is 23.3 Å². The van der Waals surface area contributed by atoms with Crippen molar-refractivity contribution >= 4 is 35.5 Å². The minimum atomic E-state index is -1.19. The topological polar surface area (TPSA) is 182 Å². The molecule has 14 nitrogen and oxygen atoms in total. The molecule has 1 amide bonds. The predicted octanol–water partition coefficient (Wildman–Crippen LogP) is -2.64. The second kappa shape index (κ2) is 21.8. The van der Waals surface area contributed by atoms with Crippen LogP contribution in [0.15, 0.2) is 54.6 Å². The molecule has 0 saturated carbocycles. The van der Waals surface area contributed by atoms with Gasteiger partial charge in [0, 0.05) is 98.0 Å². The second-order valence-corrected chi connectivity index (χ2v) is 10.6. The van der Waals surface area contributed by atoms with Crippen molar-refractivity contribution in [3.63, 3.8) is 0 Å². The third-order valence-electron chi connectivity index (χ3n) is 7.25. The summed E-state index contributed by atoms with van der Waals surface area (Å²) < 4.78 is 0. The van der Waals surface area contributed by atoms with Crippen LogP contribution in [0.1, 0.15) is 1.43 Å². The molecule has 2 aromatic carbocycles. The first kappa shape index (κ1) is 42.0. The number of nitrogens with zero attached hydrogens (tertiary/aromatic N) is 5. The van der Waals surface area contributed by atoms with E-state index in [1.165, 1.54) is 4.90 Å². The van der Waals surface area contributed by atoms with Gasteiger partial charge in [0.1, 0.15) is 6.54 Å². The molecule has 1 fully saturated rings. The van der Waals surface area contributed by atoms with E-state index in [0.717, 1.165) is 11.1 Å². The molecule has 3 rings (SSSR count). The Kier molecular flexibility index (Phi) is 19.9. The number of amides is 1. The maximum atomic E-state index is 13.6. The number of anilines is 1. The average Bonchev–Trinajstić information content (AvgIpc) is 2.97. The summed E-state index contributed by atoms with van der Waals surface area (Å²) >= 11 is 0. The van der Waals surface area contributed by atoms with Crippen LogP contribution in [-0.4, -0.2) is 155 Å². The Hall–Kier alpha value is -2.05. The van der Waals surface area contributed by atoms with Crippen molar-refractivity contribution in [2.45, 2.75) is 0 Å². The molecule has 4 N–H and O–H groups in total. The quantitative estimate of drug-likeness (QED) is 0.164. The fraction of sp³-hybridized carbons (Fsp3) is 0.433. The van der Waals surface area contributed by atoms with E-state index in [1.807, 2.05) is 42.5 Å². The maximum Gasteiger partial charge on any atom is 1.00 e. The van der Waals surface area contributed by atoms with E-state index >= 15 is 0 Å². The fourth-order valence-corrected chi connectivity index (χ4v) is 4.98. The number of carboxylic acids is 4. The molecule has 0 bridgehead atoms. The largest absolute Gasteiger partial charge is 1.00 e. The molecule has 1 aliphatic rings. The first-order valence-corrected chi connectivity index (χ1v) is 14.2. The van der Waals surface area contributed by atoms with Crippen LogP contribution >= 0.6 is 0 Å². The van der Waals surface area contributed by atoms with Crippen LogP contribution in [0.5, 0.6) is 0 Å². The summed E-state index contributed by atoms with van der Waals surface area (Å²) in [5, 5.41) is 37.7. The van der Waals surface area contributed by atoms with Gasteiger partial charge in [0.2, 0.25) is 5.91 Å². The summed E-state index contributed by atoms with van der Waals surface area (Å²) in [6.45, 7) is 0.392. The third kappa shape index (κ3) is 15.2. The minimum Gasteiger partial charge on any atom is -1.00 e. The summed E-state index contributed by atoms with van der Waals surface area (Å²) in [6.07, 6.45) is 0. The Morgan fingerprint density at radius 3 is 1.24 bits per heavy atom. The van der Waals surface area contributed by atoms with E-state index in [0.29, 0.717) is 5.69 Å². The standard InChI is InChI=1S/C30H39N5O9.Gd.Na.H/c36-26(35(22-30(43)44)25-8-6-24(7-9-25)23-4-2-1-3-5-23)18-31-10-12-32(19-27(37)38)14-16-34(21-29(41)42)17-15-33(13-11-31)20-28(39)40;;;/h1-9H,10-22H2,(H,37,38)(H,39,40)(H,41,42)(H,43,44);;;/q;;+1;-1. The molecule has 0 aliphatic carbocycles. The number of carbonyl (C=O) groups is 5. The zero-order valence-electron chi connectivity index (χ0n) is 26.8. The number of carboxylic acid groups (broad SMARTS) is 4. The molecule has 0 aromatic heterocycles. The SMILES string of the molecule is O=C(O)CN1CCN(CC(=O)O)CCN(CC(=O)N(CC(=O)O)c2ccc(-c3ccccc3)cc2)CCN(CC(=O)O)CC1.[Gd].[H-].[Na+]. The van der Waals surface area contributed by atoms with Gasteiger partial charge in [-0.2, -0.15) is 0 Å². The molecule has 1 heterocycles. The van der Waals surface area contributed by atoms with Crippen LogP contribution in [0.4, 0.5) is 5.69 Å². The van der Waals surface area contributed by atoms with Crippen molar-refractivity contribution < 1.29 is 115 Å². The maximum absolute atomic E-state index is 13.6. The molecule has 0 atom stereocenters. The molecule has 0 unspecified atom stereocenters. The van der Waals surface area contributed by atoms with Gasteiger partial charge in [0.05, 0.1) is 26.2 Å². The first-order valence-electron chi connectivity index (χ1n) is 14.2. The van der Waals surface area contributed by atoms with Crippen molar-refractivity contribution in [3.8, 4) is 11.1 Å². The Labute approximate surface area is 323 Å². The number of aliphatic carboxylic acids is 4.